The summed E-state index contributed by atoms with van der Waals surface area (Å²) in [6.45, 7) is 3.80. The van der Waals surface area contributed by atoms with Gasteiger partial charge in [0.1, 0.15) is 5.54 Å². The van der Waals surface area contributed by atoms with Crippen LogP contribution in [0, 0.1) is 0 Å². The number of amides is 1. The molecule has 0 bridgehead atoms. The van der Waals surface area contributed by atoms with E-state index in [-0.39, 0.29) is 11.4 Å². The number of carbonyl (C=O) groups excluding carboxylic acids is 1. The summed E-state index contributed by atoms with van der Waals surface area (Å²) >= 11 is 0. The van der Waals surface area contributed by atoms with Crippen molar-refractivity contribution in [3.8, 4) is 0 Å². The first-order valence-corrected chi connectivity index (χ1v) is 7.76. The van der Waals surface area contributed by atoms with Crippen LogP contribution in [0.2, 0.25) is 0 Å². The van der Waals surface area contributed by atoms with Crippen LogP contribution >= 0.6 is 0 Å². The Hall–Kier alpha value is -1.43. The number of likely N-dealkylation sites (N-methyl/N-ethyl adjacent to an activating group) is 1. The first-order chi connectivity index (χ1) is 10.4. The van der Waals surface area contributed by atoms with Crippen LogP contribution in [0.15, 0.2) is 30.3 Å². The Kier molecular flexibility index (Phi) is 5.21. The smallest absolute Gasteiger partial charge is 0.244 e. The van der Waals surface area contributed by atoms with E-state index in [4.69, 9.17) is 10.5 Å². The van der Waals surface area contributed by atoms with Crippen LogP contribution in [0.5, 0.6) is 0 Å². The number of nitrogens with one attached hydrogen (secondary N) is 1. The third-order valence-corrected chi connectivity index (χ3v) is 4.80. The van der Waals surface area contributed by atoms with Crippen molar-refractivity contribution < 1.29 is 9.53 Å². The Bertz CT molecular complexity index is 494. The third-order valence-electron chi connectivity index (χ3n) is 4.80. The van der Waals surface area contributed by atoms with Gasteiger partial charge in [0, 0.05) is 25.3 Å². The molecule has 1 atom stereocenters. The minimum absolute atomic E-state index is 0.0549. The Labute approximate surface area is 132 Å². The van der Waals surface area contributed by atoms with Crippen molar-refractivity contribution in [3.05, 3.63) is 35.9 Å². The van der Waals surface area contributed by atoms with Crippen LogP contribution in [0.3, 0.4) is 0 Å². The van der Waals surface area contributed by atoms with E-state index in [2.05, 4.69) is 24.3 Å². The molecular formula is C17H27N3O2. The van der Waals surface area contributed by atoms with Crippen LogP contribution in [0.25, 0.3) is 0 Å². The molecule has 0 aromatic heterocycles. The van der Waals surface area contributed by atoms with Crippen molar-refractivity contribution in [1.82, 2.24) is 10.2 Å². The summed E-state index contributed by atoms with van der Waals surface area (Å²) in [5, 5.41) is 3.05. The monoisotopic (exact) mass is 305 g/mol. The molecule has 0 aliphatic carbocycles. The molecule has 1 saturated heterocycles. The number of benzene rings is 1. The molecule has 1 aromatic carbocycles. The van der Waals surface area contributed by atoms with Gasteiger partial charge in [-0.1, -0.05) is 30.3 Å². The van der Waals surface area contributed by atoms with Crippen LogP contribution < -0.4 is 11.1 Å². The molecule has 0 radical (unpaired) electrons. The van der Waals surface area contributed by atoms with Crippen molar-refractivity contribution in [1.29, 1.82) is 0 Å². The fourth-order valence-electron chi connectivity index (χ4n) is 2.88. The lowest BCUT2D eigenvalue weighted by Crippen LogP contribution is -2.58. The van der Waals surface area contributed by atoms with E-state index in [1.54, 1.807) is 6.92 Å². The average Bonchev–Trinajstić information content (AvgIpc) is 2.54. The van der Waals surface area contributed by atoms with E-state index < -0.39 is 5.54 Å². The molecule has 5 nitrogen and oxygen atoms in total. The zero-order valence-corrected chi connectivity index (χ0v) is 13.8. The van der Waals surface area contributed by atoms with E-state index in [0.717, 1.165) is 31.6 Å². The molecule has 122 valence electrons. The molecule has 2 rings (SSSR count). The number of hydrogen-bond donors (Lipinski definition) is 2. The molecule has 3 N–H and O–H groups in total. The van der Waals surface area contributed by atoms with Crippen LogP contribution in [-0.4, -0.2) is 50.2 Å². The van der Waals surface area contributed by atoms with Crippen LogP contribution in [-0.2, 0) is 15.1 Å². The van der Waals surface area contributed by atoms with Crippen molar-refractivity contribution >= 4 is 5.91 Å². The van der Waals surface area contributed by atoms with Crippen molar-refractivity contribution in [2.24, 2.45) is 5.73 Å². The molecule has 0 saturated carbocycles. The van der Waals surface area contributed by atoms with Crippen LogP contribution in [0.4, 0.5) is 0 Å². The number of nitrogens with zero attached hydrogens (tertiary/aromatic N) is 1. The van der Waals surface area contributed by atoms with Gasteiger partial charge in [0.15, 0.2) is 0 Å². The highest BCUT2D eigenvalue weighted by molar-refractivity contribution is 5.87. The summed E-state index contributed by atoms with van der Waals surface area (Å²) < 4.78 is 5.45. The van der Waals surface area contributed by atoms with E-state index >= 15 is 0 Å². The summed E-state index contributed by atoms with van der Waals surface area (Å²) in [6.07, 6.45) is 1.82. The summed E-state index contributed by atoms with van der Waals surface area (Å²) in [4.78, 5) is 14.8. The zero-order valence-electron chi connectivity index (χ0n) is 13.8. The minimum Gasteiger partial charge on any atom is -0.381 e. The first kappa shape index (κ1) is 16.9. The number of carbonyl (C=O) groups is 1. The Morgan fingerprint density at radius 2 is 1.91 bits per heavy atom. The van der Waals surface area contributed by atoms with Gasteiger partial charge in [-0.15, -0.1) is 0 Å². The zero-order chi connectivity index (χ0) is 16.2. The van der Waals surface area contributed by atoms with Gasteiger partial charge in [0.2, 0.25) is 5.91 Å². The van der Waals surface area contributed by atoms with Gasteiger partial charge >= 0.3 is 0 Å². The second-order valence-electron chi connectivity index (χ2n) is 6.48. The molecule has 1 aliphatic heterocycles. The predicted molar refractivity (Wildman–Crippen MR) is 87.5 cm³/mol. The summed E-state index contributed by atoms with van der Waals surface area (Å²) in [5.74, 6) is -0.147. The van der Waals surface area contributed by atoms with Crippen LogP contribution in [0.1, 0.15) is 25.3 Å². The molecule has 1 aromatic rings. The van der Waals surface area contributed by atoms with Gasteiger partial charge in [0.05, 0.1) is 0 Å². The molecule has 1 unspecified atom stereocenters. The Morgan fingerprint density at radius 1 is 1.32 bits per heavy atom. The largest absolute Gasteiger partial charge is 0.381 e. The second kappa shape index (κ2) is 6.77. The highest BCUT2D eigenvalue weighted by Gasteiger charge is 2.37. The van der Waals surface area contributed by atoms with Gasteiger partial charge in [0.25, 0.3) is 0 Å². The highest BCUT2D eigenvalue weighted by Crippen LogP contribution is 2.26. The molecule has 1 aliphatic rings. The minimum atomic E-state index is -1.03. The quantitative estimate of drug-likeness (QED) is 0.854. The fourth-order valence-corrected chi connectivity index (χ4v) is 2.88. The molecule has 0 spiro atoms. The lowest BCUT2D eigenvalue weighted by atomic mass is 9.87. The normalized spacial score (nSPS) is 20.4. The molecule has 1 heterocycles. The number of nitrogens with two attached hydrogens (primary N) is 1. The Balaban J connectivity index is 2.05. The van der Waals surface area contributed by atoms with Crippen molar-refractivity contribution in [2.75, 3.05) is 33.9 Å². The summed E-state index contributed by atoms with van der Waals surface area (Å²) in [6, 6.07) is 9.48. The van der Waals surface area contributed by atoms with Gasteiger partial charge < -0.3 is 20.7 Å². The predicted octanol–water partition coefficient (Wildman–Crippen LogP) is 1.09. The van der Waals surface area contributed by atoms with E-state index in [9.17, 15) is 4.79 Å². The SMILES string of the molecule is CN(C)C1(CNC(=O)C(C)(N)c2ccccc2)CCOCC1. The van der Waals surface area contributed by atoms with Gasteiger partial charge in [-0.25, -0.2) is 0 Å². The summed E-state index contributed by atoms with van der Waals surface area (Å²) in [5.41, 5.74) is 6.00. The third kappa shape index (κ3) is 3.48. The first-order valence-electron chi connectivity index (χ1n) is 7.76. The van der Waals surface area contributed by atoms with Gasteiger partial charge in [-0.05, 0) is 39.4 Å². The lowest BCUT2D eigenvalue weighted by Gasteiger charge is -2.43. The number of rotatable bonds is 5. The lowest BCUT2D eigenvalue weighted by molar-refractivity contribution is -0.127. The number of hydrogen-bond acceptors (Lipinski definition) is 4. The maximum Gasteiger partial charge on any atom is 0.244 e. The molecule has 1 amide bonds. The van der Waals surface area contributed by atoms with E-state index in [0.29, 0.717) is 6.54 Å². The van der Waals surface area contributed by atoms with E-state index in [1.165, 1.54) is 0 Å². The van der Waals surface area contributed by atoms with Gasteiger partial charge in [-0.3, -0.25) is 4.79 Å². The molecule has 22 heavy (non-hydrogen) atoms. The fraction of sp³-hybridized carbons (Fsp3) is 0.588. The maximum atomic E-state index is 12.6. The summed E-state index contributed by atoms with van der Waals surface area (Å²) in [7, 11) is 4.10. The molecule has 5 heteroatoms. The topological polar surface area (TPSA) is 67.6 Å². The van der Waals surface area contributed by atoms with Gasteiger partial charge in [-0.2, -0.15) is 0 Å². The molecule has 1 fully saturated rings. The van der Waals surface area contributed by atoms with Crippen molar-refractivity contribution in [2.45, 2.75) is 30.8 Å². The molecular weight excluding hydrogens is 278 g/mol. The average molecular weight is 305 g/mol. The Morgan fingerprint density at radius 3 is 2.45 bits per heavy atom. The number of ether oxygens (including phenoxy) is 1. The van der Waals surface area contributed by atoms with E-state index in [1.807, 2.05) is 30.3 Å². The maximum absolute atomic E-state index is 12.6. The standard InChI is InChI=1S/C17H27N3O2/c1-16(18,14-7-5-4-6-8-14)15(21)19-13-17(20(2)3)9-11-22-12-10-17/h4-8H,9-13,18H2,1-3H3,(H,19,21). The second-order valence-corrected chi connectivity index (χ2v) is 6.48. The highest BCUT2D eigenvalue weighted by atomic mass is 16.5. The van der Waals surface area contributed by atoms with Crippen molar-refractivity contribution in [3.63, 3.8) is 0 Å².